The van der Waals surface area contributed by atoms with Gasteiger partial charge in [0.15, 0.2) is 0 Å². The van der Waals surface area contributed by atoms with Crippen molar-refractivity contribution in [1.29, 1.82) is 0 Å². The fourth-order valence-electron chi connectivity index (χ4n) is 1.05. The molecule has 2 rings (SSSR count). The van der Waals surface area contributed by atoms with Crippen molar-refractivity contribution < 1.29 is 5.11 Å². The Balaban J connectivity index is 2.79. The fraction of sp³-hybridized carbons (Fsp3) is 0.143. The van der Waals surface area contributed by atoms with Crippen molar-refractivity contribution in [3.63, 3.8) is 0 Å². The monoisotopic (exact) mass is 149 g/mol. The Labute approximate surface area is 62.9 Å². The van der Waals surface area contributed by atoms with Crippen LogP contribution in [0.15, 0.2) is 18.5 Å². The molecule has 0 saturated heterocycles. The van der Waals surface area contributed by atoms with Crippen LogP contribution in [-0.2, 0) is 6.61 Å². The summed E-state index contributed by atoms with van der Waals surface area (Å²) in [5.74, 6) is 0. The number of hydrogen-bond acceptors (Lipinski definition) is 3. The molecular formula is C7H7N3O. The van der Waals surface area contributed by atoms with Gasteiger partial charge in [-0.3, -0.25) is 10.1 Å². The van der Waals surface area contributed by atoms with E-state index in [1.807, 2.05) is 6.07 Å². The minimum Gasteiger partial charge on any atom is -0.390 e. The molecule has 0 bridgehead atoms. The van der Waals surface area contributed by atoms with E-state index in [1.54, 1.807) is 12.4 Å². The molecule has 0 radical (unpaired) electrons. The number of hydrogen-bond donors (Lipinski definition) is 2. The number of aliphatic hydroxyl groups is 1. The van der Waals surface area contributed by atoms with Crippen LogP contribution in [0.25, 0.3) is 10.9 Å². The SMILES string of the molecule is OCc1nccc2[nH]ncc12. The van der Waals surface area contributed by atoms with E-state index < -0.39 is 0 Å². The Hall–Kier alpha value is -1.42. The van der Waals surface area contributed by atoms with Crippen LogP contribution in [0.4, 0.5) is 0 Å². The van der Waals surface area contributed by atoms with Crippen molar-refractivity contribution in [2.24, 2.45) is 0 Å². The summed E-state index contributed by atoms with van der Waals surface area (Å²) in [4.78, 5) is 3.99. The van der Waals surface area contributed by atoms with Crippen LogP contribution in [0.3, 0.4) is 0 Å². The number of aliphatic hydroxyl groups excluding tert-OH is 1. The second kappa shape index (κ2) is 2.32. The van der Waals surface area contributed by atoms with Crippen LogP contribution in [0.1, 0.15) is 5.69 Å². The van der Waals surface area contributed by atoms with Gasteiger partial charge in [-0.25, -0.2) is 0 Å². The van der Waals surface area contributed by atoms with Crippen LogP contribution < -0.4 is 0 Å². The van der Waals surface area contributed by atoms with Gasteiger partial charge in [-0.2, -0.15) is 5.10 Å². The Morgan fingerprint density at radius 2 is 2.45 bits per heavy atom. The average Bonchev–Trinajstić information content (AvgIpc) is 2.50. The van der Waals surface area contributed by atoms with E-state index in [0.29, 0.717) is 5.69 Å². The number of nitrogens with zero attached hydrogens (tertiary/aromatic N) is 2. The molecule has 0 aliphatic heterocycles. The first-order chi connectivity index (χ1) is 5.42. The van der Waals surface area contributed by atoms with E-state index in [2.05, 4.69) is 15.2 Å². The molecule has 4 nitrogen and oxygen atoms in total. The van der Waals surface area contributed by atoms with Crippen LogP contribution >= 0.6 is 0 Å². The van der Waals surface area contributed by atoms with Crippen molar-refractivity contribution >= 4 is 10.9 Å². The van der Waals surface area contributed by atoms with Gasteiger partial charge in [-0.15, -0.1) is 0 Å². The average molecular weight is 149 g/mol. The Bertz CT molecular complexity index is 368. The van der Waals surface area contributed by atoms with E-state index in [1.165, 1.54) is 0 Å². The molecular weight excluding hydrogens is 142 g/mol. The standard InChI is InChI=1S/C7H7N3O/c11-4-7-5-3-9-10-6(5)1-2-8-7/h1-3,11H,4H2,(H,9,10). The molecule has 0 aliphatic rings. The Morgan fingerprint density at radius 3 is 3.27 bits per heavy atom. The summed E-state index contributed by atoms with van der Waals surface area (Å²) in [5.41, 5.74) is 1.57. The molecule has 0 aliphatic carbocycles. The highest BCUT2D eigenvalue weighted by atomic mass is 16.3. The third kappa shape index (κ3) is 0.877. The molecule has 0 unspecified atom stereocenters. The van der Waals surface area contributed by atoms with Crippen molar-refractivity contribution in [3.8, 4) is 0 Å². The first-order valence-electron chi connectivity index (χ1n) is 3.29. The third-order valence-corrected chi connectivity index (χ3v) is 1.60. The highest BCUT2D eigenvalue weighted by Crippen LogP contribution is 2.12. The fourth-order valence-corrected chi connectivity index (χ4v) is 1.05. The summed E-state index contributed by atoms with van der Waals surface area (Å²) < 4.78 is 0. The Morgan fingerprint density at radius 1 is 1.55 bits per heavy atom. The van der Waals surface area contributed by atoms with Gasteiger partial charge in [0.25, 0.3) is 0 Å². The molecule has 2 aromatic rings. The van der Waals surface area contributed by atoms with Gasteiger partial charge in [0, 0.05) is 11.6 Å². The lowest BCUT2D eigenvalue weighted by Crippen LogP contribution is -1.87. The van der Waals surface area contributed by atoms with Crippen LogP contribution in [0.2, 0.25) is 0 Å². The van der Waals surface area contributed by atoms with E-state index in [9.17, 15) is 0 Å². The lowest BCUT2D eigenvalue weighted by Gasteiger charge is -1.94. The number of aromatic nitrogens is 3. The summed E-state index contributed by atoms with van der Waals surface area (Å²) in [6, 6.07) is 1.82. The molecule has 0 atom stereocenters. The molecule has 0 spiro atoms. The summed E-state index contributed by atoms with van der Waals surface area (Å²) in [6.07, 6.45) is 3.31. The van der Waals surface area contributed by atoms with Crippen molar-refractivity contribution in [2.75, 3.05) is 0 Å². The smallest absolute Gasteiger partial charge is 0.0860 e. The summed E-state index contributed by atoms with van der Waals surface area (Å²) in [7, 11) is 0. The molecule has 2 heterocycles. The lowest BCUT2D eigenvalue weighted by atomic mass is 10.2. The first kappa shape index (κ1) is 6.30. The van der Waals surface area contributed by atoms with Crippen molar-refractivity contribution in [2.45, 2.75) is 6.61 Å². The van der Waals surface area contributed by atoms with Crippen LogP contribution in [-0.4, -0.2) is 20.3 Å². The van der Waals surface area contributed by atoms with Gasteiger partial charge in [0.05, 0.1) is 24.0 Å². The summed E-state index contributed by atoms with van der Waals surface area (Å²) >= 11 is 0. The van der Waals surface area contributed by atoms with Crippen molar-refractivity contribution in [3.05, 3.63) is 24.2 Å². The number of rotatable bonds is 1. The maximum absolute atomic E-state index is 8.85. The van der Waals surface area contributed by atoms with Gasteiger partial charge in [-0.1, -0.05) is 0 Å². The number of pyridine rings is 1. The predicted octanol–water partition coefficient (Wildman–Crippen LogP) is 0.450. The van der Waals surface area contributed by atoms with Gasteiger partial charge in [0.1, 0.15) is 0 Å². The zero-order valence-corrected chi connectivity index (χ0v) is 5.78. The molecule has 0 fully saturated rings. The molecule has 2 aromatic heterocycles. The molecule has 0 saturated carbocycles. The second-order valence-electron chi connectivity index (χ2n) is 2.25. The number of aromatic amines is 1. The molecule has 0 amide bonds. The zero-order valence-electron chi connectivity index (χ0n) is 5.78. The van der Waals surface area contributed by atoms with Gasteiger partial charge in [-0.05, 0) is 6.07 Å². The molecule has 11 heavy (non-hydrogen) atoms. The number of fused-ring (bicyclic) bond motifs is 1. The molecule has 4 heteroatoms. The van der Waals surface area contributed by atoms with Crippen molar-refractivity contribution in [1.82, 2.24) is 15.2 Å². The van der Waals surface area contributed by atoms with Crippen LogP contribution in [0, 0.1) is 0 Å². The van der Waals surface area contributed by atoms with E-state index >= 15 is 0 Å². The quantitative estimate of drug-likeness (QED) is 0.618. The highest BCUT2D eigenvalue weighted by Gasteiger charge is 2.00. The van der Waals surface area contributed by atoms with E-state index in [4.69, 9.17) is 5.11 Å². The normalized spacial score (nSPS) is 10.6. The minimum atomic E-state index is -0.0448. The molecule has 0 aromatic carbocycles. The van der Waals surface area contributed by atoms with E-state index in [0.717, 1.165) is 10.9 Å². The minimum absolute atomic E-state index is 0.0448. The predicted molar refractivity (Wildman–Crippen MR) is 39.8 cm³/mol. The van der Waals surface area contributed by atoms with Crippen LogP contribution in [0.5, 0.6) is 0 Å². The Kier molecular flexibility index (Phi) is 1.33. The largest absolute Gasteiger partial charge is 0.390 e. The third-order valence-electron chi connectivity index (χ3n) is 1.60. The molecule has 2 N–H and O–H groups in total. The number of nitrogens with one attached hydrogen (secondary N) is 1. The first-order valence-corrected chi connectivity index (χ1v) is 3.29. The topological polar surface area (TPSA) is 61.8 Å². The maximum atomic E-state index is 8.85. The van der Waals surface area contributed by atoms with Gasteiger partial charge >= 0.3 is 0 Å². The summed E-state index contributed by atoms with van der Waals surface area (Å²) in [5, 5.41) is 16.4. The molecule has 56 valence electrons. The lowest BCUT2D eigenvalue weighted by molar-refractivity contribution is 0.278. The van der Waals surface area contributed by atoms with Gasteiger partial charge in [0.2, 0.25) is 0 Å². The highest BCUT2D eigenvalue weighted by molar-refractivity contribution is 5.79. The van der Waals surface area contributed by atoms with Gasteiger partial charge < -0.3 is 5.11 Å². The zero-order chi connectivity index (χ0) is 7.68. The van der Waals surface area contributed by atoms with E-state index in [-0.39, 0.29) is 6.61 Å². The second-order valence-corrected chi connectivity index (χ2v) is 2.25. The number of H-pyrrole nitrogens is 1. The maximum Gasteiger partial charge on any atom is 0.0860 e. The summed E-state index contributed by atoms with van der Waals surface area (Å²) in [6.45, 7) is -0.0448.